The minimum absolute atomic E-state index is 0.0601. The predicted octanol–water partition coefficient (Wildman–Crippen LogP) is 1.14. The molecule has 0 bridgehead atoms. The van der Waals surface area contributed by atoms with Crippen LogP contribution in [0.5, 0.6) is 0 Å². The van der Waals surface area contributed by atoms with Crippen molar-refractivity contribution < 1.29 is 23.9 Å². The van der Waals surface area contributed by atoms with Crippen LogP contribution in [0.1, 0.15) is 20.3 Å². The highest BCUT2D eigenvalue weighted by molar-refractivity contribution is 6.03. The number of ketones is 2. The SMILES string of the molecule is CCOC(=O)CN1C=COC(C2=C(C(C)=O)C=CC(=O)C2)C1. The van der Waals surface area contributed by atoms with E-state index in [1.807, 2.05) is 0 Å². The lowest BCUT2D eigenvalue weighted by atomic mass is 9.90. The van der Waals surface area contributed by atoms with Gasteiger partial charge in [-0.3, -0.25) is 14.4 Å². The normalized spacial score (nSPS) is 20.9. The summed E-state index contributed by atoms with van der Waals surface area (Å²) in [5.41, 5.74) is 1.18. The van der Waals surface area contributed by atoms with E-state index in [9.17, 15) is 14.4 Å². The summed E-state index contributed by atoms with van der Waals surface area (Å²) in [6, 6.07) is 0. The molecule has 2 aliphatic rings. The van der Waals surface area contributed by atoms with E-state index in [0.29, 0.717) is 24.3 Å². The molecule has 0 radical (unpaired) electrons. The number of rotatable bonds is 5. The van der Waals surface area contributed by atoms with Gasteiger partial charge in [0, 0.05) is 18.2 Å². The zero-order valence-electron chi connectivity index (χ0n) is 12.7. The Morgan fingerprint density at radius 1 is 1.41 bits per heavy atom. The number of esters is 1. The van der Waals surface area contributed by atoms with Gasteiger partial charge >= 0.3 is 5.97 Å². The van der Waals surface area contributed by atoms with Gasteiger partial charge < -0.3 is 14.4 Å². The van der Waals surface area contributed by atoms with E-state index in [1.165, 1.54) is 19.3 Å². The maximum absolute atomic E-state index is 11.7. The molecule has 1 atom stereocenters. The molecule has 0 saturated heterocycles. The molecular weight excluding hydrogens is 286 g/mol. The Hall–Kier alpha value is -2.37. The van der Waals surface area contributed by atoms with Gasteiger partial charge in [0.25, 0.3) is 0 Å². The number of nitrogens with zero attached hydrogens (tertiary/aromatic N) is 1. The van der Waals surface area contributed by atoms with Crippen LogP contribution in [-0.4, -0.2) is 48.2 Å². The molecule has 6 heteroatoms. The number of hydrogen-bond donors (Lipinski definition) is 0. The van der Waals surface area contributed by atoms with E-state index in [2.05, 4.69) is 0 Å². The highest BCUT2D eigenvalue weighted by Gasteiger charge is 2.28. The Morgan fingerprint density at radius 3 is 2.86 bits per heavy atom. The minimum atomic E-state index is -0.424. The first-order valence-corrected chi connectivity index (χ1v) is 7.18. The second-order valence-electron chi connectivity index (χ2n) is 5.12. The van der Waals surface area contributed by atoms with Gasteiger partial charge in [-0.2, -0.15) is 0 Å². The van der Waals surface area contributed by atoms with Crippen molar-refractivity contribution in [3.8, 4) is 0 Å². The third-order valence-electron chi connectivity index (χ3n) is 3.47. The highest BCUT2D eigenvalue weighted by Crippen LogP contribution is 2.25. The van der Waals surface area contributed by atoms with Crippen LogP contribution in [0.25, 0.3) is 0 Å². The van der Waals surface area contributed by atoms with Crippen molar-refractivity contribution in [2.75, 3.05) is 19.7 Å². The van der Waals surface area contributed by atoms with Gasteiger partial charge in [-0.05, 0) is 31.6 Å². The first kappa shape index (κ1) is 16.0. The molecule has 1 heterocycles. The van der Waals surface area contributed by atoms with Crippen LogP contribution in [0.2, 0.25) is 0 Å². The molecule has 6 nitrogen and oxygen atoms in total. The van der Waals surface area contributed by atoms with Crippen molar-refractivity contribution in [3.63, 3.8) is 0 Å². The van der Waals surface area contributed by atoms with Gasteiger partial charge in [-0.15, -0.1) is 0 Å². The topological polar surface area (TPSA) is 72.9 Å². The van der Waals surface area contributed by atoms with Crippen molar-refractivity contribution in [2.45, 2.75) is 26.4 Å². The highest BCUT2D eigenvalue weighted by atomic mass is 16.5. The number of carbonyl (C=O) groups is 3. The van der Waals surface area contributed by atoms with Crippen LogP contribution in [0.15, 0.2) is 35.8 Å². The van der Waals surface area contributed by atoms with Crippen molar-refractivity contribution in [1.29, 1.82) is 0 Å². The summed E-state index contributed by atoms with van der Waals surface area (Å²) in [5.74, 6) is -0.489. The Morgan fingerprint density at radius 2 is 2.18 bits per heavy atom. The third-order valence-corrected chi connectivity index (χ3v) is 3.47. The molecule has 22 heavy (non-hydrogen) atoms. The smallest absolute Gasteiger partial charge is 0.325 e. The number of carbonyl (C=O) groups excluding carboxylic acids is 3. The van der Waals surface area contributed by atoms with Crippen LogP contribution >= 0.6 is 0 Å². The van der Waals surface area contributed by atoms with Gasteiger partial charge in [-0.1, -0.05) is 0 Å². The van der Waals surface area contributed by atoms with Crippen LogP contribution in [0, 0.1) is 0 Å². The lowest BCUT2D eigenvalue weighted by molar-refractivity contribution is -0.144. The summed E-state index contributed by atoms with van der Waals surface area (Å²) < 4.78 is 10.5. The van der Waals surface area contributed by atoms with Gasteiger partial charge in [0.05, 0.1) is 19.4 Å². The summed E-state index contributed by atoms with van der Waals surface area (Å²) in [6.07, 6.45) is 5.82. The summed E-state index contributed by atoms with van der Waals surface area (Å²) in [5, 5.41) is 0. The van der Waals surface area contributed by atoms with E-state index in [4.69, 9.17) is 9.47 Å². The largest absolute Gasteiger partial charge is 0.490 e. The molecule has 0 aromatic heterocycles. The van der Waals surface area contributed by atoms with Crippen LogP contribution < -0.4 is 0 Å². The van der Waals surface area contributed by atoms with Crippen molar-refractivity contribution in [2.24, 2.45) is 0 Å². The van der Waals surface area contributed by atoms with Crippen LogP contribution in [0.4, 0.5) is 0 Å². The van der Waals surface area contributed by atoms with E-state index in [1.54, 1.807) is 24.1 Å². The molecule has 1 aliphatic carbocycles. The molecule has 1 aliphatic heterocycles. The Kier molecular flexibility index (Phi) is 5.14. The lowest BCUT2D eigenvalue weighted by Crippen LogP contribution is -2.39. The first-order chi connectivity index (χ1) is 10.5. The van der Waals surface area contributed by atoms with Gasteiger partial charge in [0.1, 0.15) is 12.6 Å². The number of hydrogen-bond acceptors (Lipinski definition) is 6. The maximum atomic E-state index is 11.7. The van der Waals surface area contributed by atoms with Crippen LogP contribution in [-0.2, 0) is 23.9 Å². The maximum Gasteiger partial charge on any atom is 0.325 e. The molecule has 0 N–H and O–H groups in total. The summed E-state index contributed by atoms with van der Waals surface area (Å²) in [7, 11) is 0. The fourth-order valence-corrected chi connectivity index (χ4v) is 2.47. The van der Waals surface area contributed by atoms with E-state index >= 15 is 0 Å². The Bertz CT molecular complexity index is 573. The third kappa shape index (κ3) is 3.84. The molecule has 118 valence electrons. The molecule has 0 fully saturated rings. The Labute approximate surface area is 129 Å². The molecule has 1 unspecified atom stereocenters. The molecule has 0 spiro atoms. The minimum Gasteiger partial charge on any atom is -0.490 e. The van der Waals surface area contributed by atoms with Gasteiger partial charge in [0.2, 0.25) is 0 Å². The standard InChI is InChI=1S/C16H19NO5/c1-3-21-16(20)10-17-6-7-22-15(9-17)14-8-12(19)4-5-13(14)11(2)18/h4-7,15H,3,8-10H2,1-2H3. The molecular formula is C16H19NO5. The molecule has 0 saturated carbocycles. The summed E-state index contributed by atoms with van der Waals surface area (Å²) in [6.45, 7) is 4.04. The summed E-state index contributed by atoms with van der Waals surface area (Å²) >= 11 is 0. The first-order valence-electron chi connectivity index (χ1n) is 7.18. The Balaban J connectivity index is 2.13. The van der Waals surface area contributed by atoms with E-state index in [-0.39, 0.29) is 30.5 Å². The van der Waals surface area contributed by atoms with Crippen LogP contribution in [0.3, 0.4) is 0 Å². The van der Waals surface area contributed by atoms with E-state index in [0.717, 1.165) is 0 Å². The second-order valence-corrected chi connectivity index (χ2v) is 5.12. The van der Waals surface area contributed by atoms with Crippen molar-refractivity contribution in [3.05, 3.63) is 35.8 Å². The van der Waals surface area contributed by atoms with Crippen molar-refractivity contribution in [1.82, 2.24) is 4.90 Å². The average Bonchev–Trinajstić information content (AvgIpc) is 2.47. The number of ether oxygens (including phenoxy) is 2. The summed E-state index contributed by atoms with van der Waals surface area (Å²) in [4.78, 5) is 36.7. The molecule has 0 amide bonds. The second kappa shape index (κ2) is 7.06. The fourth-order valence-electron chi connectivity index (χ4n) is 2.47. The quantitative estimate of drug-likeness (QED) is 0.709. The monoisotopic (exact) mass is 305 g/mol. The molecule has 0 aromatic carbocycles. The van der Waals surface area contributed by atoms with Gasteiger partial charge in [-0.25, -0.2) is 0 Å². The molecule has 2 rings (SSSR count). The zero-order valence-corrected chi connectivity index (χ0v) is 12.7. The van der Waals surface area contributed by atoms with Crippen molar-refractivity contribution >= 4 is 17.5 Å². The van der Waals surface area contributed by atoms with Gasteiger partial charge in [0.15, 0.2) is 11.6 Å². The molecule has 0 aromatic rings. The fraction of sp³-hybridized carbons (Fsp3) is 0.438. The number of allylic oxidation sites excluding steroid dienone is 3. The number of Topliss-reactive ketones (excluding diaryl/α,β-unsaturated/α-hetero) is 1. The predicted molar refractivity (Wildman–Crippen MR) is 78.7 cm³/mol. The van der Waals surface area contributed by atoms with E-state index < -0.39 is 6.10 Å². The average molecular weight is 305 g/mol. The zero-order chi connectivity index (χ0) is 16.1. The lowest BCUT2D eigenvalue weighted by Gasteiger charge is -2.31.